The molecule has 86 valence electrons. The van der Waals surface area contributed by atoms with Crippen molar-refractivity contribution in [1.82, 2.24) is 0 Å². The standard InChI is InChI=1S/C12H16N2O2/c1-6-3-7(2)10-8(11(13)12(15)16)5-14-9(10)4-6/h3-4,8,11,14H,5,13H2,1-2H3,(H,15,16). The third-order valence-electron chi connectivity index (χ3n) is 3.13. The number of nitrogens with two attached hydrogens (primary N) is 1. The van der Waals surface area contributed by atoms with Gasteiger partial charge in [-0.15, -0.1) is 0 Å². The van der Waals surface area contributed by atoms with Gasteiger partial charge in [0.25, 0.3) is 0 Å². The second-order valence-corrected chi connectivity index (χ2v) is 4.39. The van der Waals surface area contributed by atoms with Crippen LogP contribution >= 0.6 is 0 Å². The lowest BCUT2D eigenvalue weighted by atomic mass is 9.90. The summed E-state index contributed by atoms with van der Waals surface area (Å²) in [6.07, 6.45) is 0. The lowest BCUT2D eigenvalue weighted by Gasteiger charge is -2.17. The fourth-order valence-electron chi connectivity index (χ4n) is 2.42. The topological polar surface area (TPSA) is 75.3 Å². The van der Waals surface area contributed by atoms with Gasteiger partial charge in [0.05, 0.1) is 0 Å². The lowest BCUT2D eigenvalue weighted by Crippen LogP contribution is -2.37. The number of carbonyl (C=O) groups is 1. The number of hydrogen-bond donors (Lipinski definition) is 3. The molecule has 0 saturated heterocycles. The highest BCUT2D eigenvalue weighted by Crippen LogP contribution is 2.36. The smallest absolute Gasteiger partial charge is 0.321 e. The number of fused-ring (bicyclic) bond motifs is 1. The summed E-state index contributed by atoms with van der Waals surface area (Å²) in [7, 11) is 0. The monoisotopic (exact) mass is 220 g/mol. The number of rotatable bonds is 2. The Morgan fingerprint density at radius 1 is 1.56 bits per heavy atom. The van der Waals surface area contributed by atoms with Gasteiger partial charge in [0.1, 0.15) is 6.04 Å². The van der Waals surface area contributed by atoms with E-state index in [2.05, 4.69) is 11.4 Å². The van der Waals surface area contributed by atoms with E-state index in [1.165, 1.54) is 5.56 Å². The summed E-state index contributed by atoms with van der Waals surface area (Å²) in [6, 6.07) is 3.26. The Morgan fingerprint density at radius 2 is 2.25 bits per heavy atom. The van der Waals surface area contributed by atoms with Crippen molar-refractivity contribution in [3.63, 3.8) is 0 Å². The largest absolute Gasteiger partial charge is 0.480 e. The molecule has 16 heavy (non-hydrogen) atoms. The van der Waals surface area contributed by atoms with Gasteiger partial charge >= 0.3 is 5.97 Å². The van der Waals surface area contributed by atoms with Gasteiger partial charge in [-0.1, -0.05) is 6.07 Å². The van der Waals surface area contributed by atoms with E-state index in [9.17, 15) is 4.79 Å². The maximum Gasteiger partial charge on any atom is 0.321 e. The molecule has 1 aliphatic rings. The van der Waals surface area contributed by atoms with E-state index in [4.69, 9.17) is 10.8 Å². The summed E-state index contributed by atoms with van der Waals surface area (Å²) in [5.74, 6) is -1.08. The van der Waals surface area contributed by atoms with Crippen LogP contribution in [0, 0.1) is 13.8 Å². The minimum Gasteiger partial charge on any atom is -0.480 e. The quantitative estimate of drug-likeness (QED) is 0.700. The molecule has 0 radical (unpaired) electrons. The Hall–Kier alpha value is -1.55. The third-order valence-corrected chi connectivity index (χ3v) is 3.13. The van der Waals surface area contributed by atoms with E-state index in [0.717, 1.165) is 16.8 Å². The first-order chi connectivity index (χ1) is 7.50. The van der Waals surface area contributed by atoms with Crippen molar-refractivity contribution in [2.45, 2.75) is 25.8 Å². The number of nitrogens with one attached hydrogen (secondary N) is 1. The van der Waals surface area contributed by atoms with Crippen LogP contribution in [0.3, 0.4) is 0 Å². The molecular weight excluding hydrogens is 204 g/mol. The molecule has 0 saturated carbocycles. The van der Waals surface area contributed by atoms with Crippen molar-refractivity contribution in [3.8, 4) is 0 Å². The minimum atomic E-state index is -0.945. The zero-order chi connectivity index (χ0) is 11.9. The summed E-state index contributed by atoms with van der Waals surface area (Å²) in [4.78, 5) is 10.9. The van der Waals surface area contributed by atoms with Gasteiger partial charge in [0, 0.05) is 18.2 Å². The van der Waals surface area contributed by atoms with Crippen LogP contribution in [0.15, 0.2) is 12.1 Å². The number of hydrogen-bond acceptors (Lipinski definition) is 3. The SMILES string of the molecule is Cc1cc(C)c2c(c1)NCC2C(N)C(=O)O. The number of carboxylic acid groups (broad SMARTS) is 1. The van der Waals surface area contributed by atoms with Crippen LogP contribution < -0.4 is 11.1 Å². The highest BCUT2D eigenvalue weighted by molar-refractivity contribution is 5.77. The highest BCUT2D eigenvalue weighted by Gasteiger charge is 2.32. The highest BCUT2D eigenvalue weighted by atomic mass is 16.4. The Balaban J connectivity index is 2.43. The number of anilines is 1. The van der Waals surface area contributed by atoms with E-state index in [0.29, 0.717) is 6.54 Å². The molecule has 0 bridgehead atoms. The van der Waals surface area contributed by atoms with Gasteiger partial charge < -0.3 is 16.2 Å². The van der Waals surface area contributed by atoms with Gasteiger partial charge in [0.15, 0.2) is 0 Å². The van der Waals surface area contributed by atoms with Crippen LogP contribution in [-0.2, 0) is 4.79 Å². The molecule has 4 N–H and O–H groups in total. The molecular formula is C12H16N2O2. The molecule has 2 rings (SSSR count). The zero-order valence-electron chi connectivity index (χ0n) is 9.45. The van der Waals surface area contributed by atoms with Crippen LogP contribution in [0.1, 0.15) is 22.6 Å². The third kappa shape index (κ3) is 1.65. The number of aliphatic carboxylic acids is 1. The van der Waals surface area contributed by atoms with Gasteiger partial charge in [0.2, 0.25) is 0 Å². The van der Waals surface area contributed by atoms with Crippen LogP contribution in [0.4, 0.5) is 5.69 Å². The van der Waals surface area contributed by atoms with Crippen LogP contribution in [0.2, 0.25) is 0 Å². The molecule has 4 heteroatoms. The summed E-state index contributed by atoms with van der Waals surface area (Å²) in [5.41, 5.74) is 10.1. The lowest BCUT2D eigenvalue weighted by molar-refractivity contribution is -0.138. The van der Waals surface area contributed by atoms with Crippen molar-refractivity contribution in [2.75, 3.05) is 11.9 Å². The number of aryl methyl sites for hydroxylation is 2. The Labute approximate surface area is 94.5 Å². The van der Waals surface area contributed by atoms with Crippen LogP contribution in [0.5, 0.6) is 0 Å². The van der Waals surface area contributed by atoms with Gasteiger partial charge in [-0.2, -0.15) is 0 Å². The molecule has 0 aliphatic carbocycles. The van der Waals surface area contributed by atoms with E-state index < -0.39 is 12.0 Å². The first-order valence-corrected chi connectivity index (χ1v) is 5.34. The zero-order valence-corrected chi connectivity index (χ0v) is 9.45. The Bertz CT molecular complexity index is 443. The fraction of sp³-hybridized carbons (Fsp3) is 0.417. The molecule has 1 aromatic rings. The van der Waals surface area contributed by atoms with Crippen LogP contribution in [-0.4, -0.2) is 23.7 Å². The molecule has 0 fully saturated rings. The molecule has 1 heterocycles. The molecule has 2 atom stereocenters. The van der Waals surface area contributed by atoms with Crippen molar-refractivity contribution in [3.05, 3.63) is 28.8 Å². The summed E-state index contributed by atoms with van der Waals surface area (Å²) in [5, 5.41) is 12.2. The molecule has 1 aromatic carbocycles. The average Bonchev–Trinajstić information content (AvgIpc) is 2.59. The van der Waals surface area contributed by atoms with Crippen molar-refractivity contribution in [1.29, 1.82) is 0 Å². The first kappa shape index (κ1) is 11.0. The maximum atomic E-state index is 10.9. The molecule has 1 aliphatic heterocycles. The predicted octanol–water partition coefficient (Wildman–Crippen LogP) is 1.22. The van der Waals surface area contributed by atoms with Crippen molar-refractivity contribution >= 4 is 11.7 Å². The normalized spacial score (nSPS) is 20.1. The summed E-state index contributed by atoms with van der Waals surface area (Å²) in [6.45, 7) is 4.63. The molecule has 0 spiro atoms. The minimum absolute atomic E-state index is 0.131. The first-order valence-electron chi connectivity index (χ1n) is 5.34. The Morgan fingerprint density at radius 3 is 2.88 bits per heavy atom. The van der Waals surface area contributed by atoms with E-state index >= 15 is 0 Å². The molecule has 0 amide bonds. The van der Waals surface area contributed by atoms with Gasteiger partial charge in [-0.3, -0.25) is 4.79 Å². The second kappa shape index (κ2) is 3.79. The second-order valence-electron chi connectivity index (χ2n) is 4.39. The number of benzene rings is 1. The predicted molar refractivity (Wildman–Crippen MR) is 62.8 cm³/mol. The van der Waals surface area contributed by atoms with Gasteiger partial charge in [-0.05, 0) is 36.6 Å². The van der Waals surface area contributed by atoms with Crippen molar-refractivity contribution in [2.24, 2.45) is 5.73 Å². The molecule has 2 unspecified atom stereocenters. The van der Waals surface area contributed by atoms with E-state index in [1.54, 1.807) is 0 Å². The molecule has 0 aromatic heterocycles. The van der Waals surface area contributed by atoms with Crippen LogP contribution in [0.25, 0.3) is 0 Å². The number of carboxylic acids is 1. The Kier molecular flexibility index (Phi) is 2.59. The van der Waals surface area contributed by atoms with Gasteiger partial charge in [-0.25, -0.2) is 0 Å². The summed E-state index contributed by atoms with van der Waals surface area (Å²) < 4.78 is 0. The summed E-state index contributed by atoms with van der Waals surface area (Å²) >= 11 is 0. The van der Waals surface area contributed by atoms with Crippen molar-refractivity contribution < 1.29 is 9.90 Å². The average molecular weight is 220 g/mol. The van der Waals surface area contributed by atoms with E-state index in [1.807, 2.05) is 19.9 Å². The maximum absolute atomic E-state index is 10.9. The fourth-order valence-corrected chi connectivity index (χ4v) is 2.42. The molecule has 4 nitrogen and oxygen atoms in total. The van der Waals surface area contributed by atoms with E-state index in [-0.39, 0.29) is 5.92 Å².